The van der Waals surface area contributed by atoms with Crippen molar-refractivity contribution in [2.24, 2.45) is 0 Å². The Morgan fingerprint density at radius 3 is 2.46 bits per heavy atom. The predicted molar refractivity (Wildman–Crippen MR) is 99.0 cm³/mol. The third-order valence-corrected chi connectivity index (χ3v) is 6.56. The van der Waals surface area contributed by atoms with Gasteiger partial charge in [0, 0.05) is 39.5 Å². The number of benzene rings is 1. The lowest BCUT2D eigenvalue weighted by molar-refractivity contribution is -0.135. The van der Waals surface area contributed by atoms with Crippen LogP contribution in [0, 0.1) is 0 Å². The maximum Gasteiger partial charge on any atom is 0.223 e. The zero-order chi connectivity index (χ0) is 18.1. The van der Waals surface area contributed by atoms with E-state index in [0.29, 0.717) is 38.6 Å². The molecule has 1 spiro atoms. The Kier molecular flexibility index (Phi) is 4.74. The molecule has 1 aromatic rings. The van der Waals surface area contributed by atoms with E-state index < -0.39 is 0 Å². The molecule has 140 valence electrons. The van der Waals surface area contributed by atoms with Crippen molar-refractivity contribution >= 4 is 11.8 Å². The monoisotopic (exact) mass is 356 g/mol. The highest BCUT2D eigenvalue weighted by atomic mass is 16.5. The molecule has 2 saturated heterocycles. The smallest absolute Gasteiger partial charge is 0.223 e. The van der Waals surface area contributed by atoms with Gasteiger partial charge in [0.25, 0.3) is 0 Å². The number of hydrogen-bond acceptors (Lipinski definition) is 3. The van der Waals surface area contributed by atoms with Crippen LogP contribution < -0.4 is 0 Å². The van der Waals surface area contributed by atoms with Gasteiger partial charge in [-0.1, -0.05) is 24.3 Å². The van der Waals surface area contributed by atoms with Gasteiger partial charge in [-0.05, 0) is 41.7 Å². The van der Waals surface area contributed by atoms with Gasteiger partial charge in [-0.2, -0.15) is 0 Å². The number of carbonyl (C=O) groups excluding carboxylic acids is 2. The summed E-state index contributed by atoms with van der Waals surface area (Å²) in [6.45, 7) is 6.04. The van der Waals surface area contributed by atoms with Crippen molar-refractivity contribution in [1.29, 1.82) is 0 Å². The summed E-state index contributed by atoms with van der Waals surface area (Å²) in [5.41, 5.74) is 2.91. The van der Waals surface area contributed by atoms with Gasteiger partial charge in [-0.15, -0.1) is 0 Å². The summed E-state index contributed by atoms with van der Waals surface area (Å²) in [4.78, 5) is 28.4. The first kappa shape index (κ1) is 17.5. The fourth-order valence-corrected chi connectivity index (χ4v) is 5.09. The van der Waals surface area contributed by atoms with Crippen molar-refractivity contribution in [2.75, 3.05) is 39.4 Å². The molecule has 0 N–H and O–H groups in total. The molecule has 0 radical (unpaired) electrons. The van der Waals surface area contributed by atoms with E-state index in [4.69, 9.17) is 4.74 Å². The summed E-state index contributed by atoms with van der Waals surface area (Å²) in [5, 5.41) is 0. The van der Waals surface area contributed by atoms with Crippen molar-refractivity contribution in [3.05, 3.63) is 35.4 Å². The van der Waals surface area contributed by atoms with E-state index in [2.05, 4.69) is 24.3 Å². The average Bonchev–Trinajstić information content (AvgIpc) is 2.96. The quantitative estimate of drug-likeness (QED) is 0.817. The molecule has 5 nitrogen and oxygen atoms in total. The van der Waals surface area contributed by atoms with E-state index in [0.717, 1.165) is 32.4 Å². The van der Waals surface area contributed by atoms with Crippen LogP contribution in [-0.4, -0.2) is 61.0 Å². The number of carbonyl (C=O) groups is 2. The molecule has 0 aromatic heterocycles. The molecule has 0 saturated carbocycles. The second kappa shape index (κ2) is 7.03. The molecular formula is C21H28N2O3. The summed E-state index contributed by atoms with van der Waals surface area (Å²) >= 11 is 0. The van der Waals surface area contributed by atoms with Crippen LogP contribution >= 0.6 is 0 Å². The van der Waals surface area contributed by atoms with Gasteiger partial charge in [-0.3, -0.25) is 9.59 Å². The van der Waals surface area contributed by atoms with Gasteiger partial charge in [-0.25, -0.2) is 0 Å². The second-order valence-corrected chi connectivity index (χ2v) is 7.97. The van der Waals surface area contributed by atoms with E-state index in [1.165, 1.54) is 11.1 Å². The molecule has 26 heavy (non-hydrogen) atoms. The van der Waals surface area contributed by atoms with Crippen molar-refractivity contribution in [2.45, 2.75) is 43.9 Å². The number of morpholine rings is 1. The number of piperidine rings is 1. The van der Waals surface area contributed by atoms with Crippen molar-refractivity contribution < 1.29 is 14.3 Å². The Morgan fingerprint density at radius 2 is 1.77 bits per heavy atom. The minimum atomic E-state index is 0.137. The molecule has 3 aliphatic rings. The maximum absolute atomic E-state index is 12.8. The Morgan fingerprint density at radius 1 is 1.08 bits per heavy atom. The fourth-order valence-electron chi connectivity index (χ4n) is 5.09. The Bertz CT molecular complexity index is 688. The van der Waals surface area contributed by atoms with E-state index in [1.54, 1.807) is 6.92 Å². The van der Waals surface area contributed by atoms with Crippen molar-refractivity contribution in [3.8, 4) is 0 Å². The summed E-state index contributed by atoms with van der Waals surface area (Å²) in [6, 6.07) is 8.66. The minimum Gasteiger partial charge on any atom is -0.378 e. The highest BCUT2D eigenvalue weighted by Crippen LogP contribution is 2.52. The molecule has 1 atom stereocenters. The molecule has 1 unspecified atom stereocenters. The van der Waals surface area contributed by atoms with Crippen LogP contribution in [0.5, 0.6) is 0 Å². The number of nitrogens with zero attached hydrogens (tertiary/aromatic N) is 2. The molecule has 0 bridgehead atoms. The molecule has 2 aliphatic heterocycles. The summed E-state index contributed by atoms with van der Waals surface area (Å²) in [7, 11) is 0. The van der Waals surface area contributed by atoms with E-state index >= 15 is 0 Å². The number of likely N-dealkylation sites (tertiary alicyclic amines) is 1. The minimum absolute atomic E-state index is 0.137. The van der Waals surface area contributed by atoms with Gasteiger partial charge in [0.1, 0.15) is 0 Å². The number of hydrogen-bond donors (Lipinski definition) is 0. The van der Waals surface area contributed by atoms with Crippen LogP contribution in [0.25, 0.3) is 0 Å². The molecule has 4 rings (SSSR count). The van der Waals surface area contributed by atoms with Crippen LogP contribution in [0.15, 0.2) is 24.3 Å². The van der Waals surface area contributed by atoms with E-state index in [9.17, 15) is 9.59 Å². The fraction of sp³-hybridized carbons (Fsp3) is 0.619. The van der Waals surface area contributed by atoms with Crippen molar-refractivity contribution in [1.82, 2.24) is 9.80 Å². The number of amides is 2. The molecular weight excluding hydrogens is 328 g/mol. The largest absolute Gasteiger partial charge is 0.378 e. The summed E-state index contributed by atoms with van der Waals surface area (Å²) < 4.78 is 5.37. The Hall–Kier alpha value is -1.88. The number of rotatable bonds is 2. The van der Waals surface area contributed by atoms with Gasteiger partial charge < -0.3 is 14.5 Å². The topological polar surface area (TPSA) is 49.9 Å². The lowest BCUT2D eigenvalue weighted by atomic mass is 9.73. The molecule has 1 aromatic carbocycles. The first-order valence-corrected chi connectivity index (χ1v) is 9.79. The number of ether oxygens (including phenoxy) is 1. The first-order chi connectivity index (χ1) is 12.6. The van der Waals surface area contributed by atoms with Crippen LogP contribution in [0.1, 0.15) is 49.7 Å². The van der Waals surface area contributed by atoms with Crippen molar-refractivity contribution in [3.63, 3.8) is 0 Å². The maximum atomic E-state index is 12.8. The third-order valence-electron chi connectivity index (χ3n) is 6.56. The zero-order valence-electron chi connectivity index (χ0n) is 15.6. The van der Waals surface area contributed by atoms with Gasteiger partial charge >= 0.3 is 0 Å². The molecule has 2 amide bonds. The SMILES string of the molecule is CC(=O)N1CCC2(CC1)CC(CC(=O)N1CCOCC1)c1ccccc12. The summed E-state index contributed by atoms with van der Waals surface area (Å²) in [6.07, 6.45) is 3.64. The van der Waals surface area contributed by atoms with Gasteiger partial charge in [0.05, 0.1) is 13.2 Å². The standard InChI is InChI=1S/C21H28N2O3/c1-16(24)22-8-6-21(7-9-22)15-17(18-4-2-3-5-19(18)21)14-20(25)23-10-12-26-13-11-23/h2-5,17H,6-15H2,1H3. The van der Waals surface area contributed by atoms with Gasteiger partial charge in [0.15, 0.2) is 0 Å². The van der Waals surface area contributed by atoms with Crippen LogP contribution in [-0.2, 0) is 19.7 Å². The lowest BCUT2D eigenvalue weighted by Crippen LogP contribution is -2.43. The third kappa shape index (κ3) is 3.13. The molecule has 5 heteroatoms. The highest BCUT2D eigenvalue weighted by Gasteiger charge is 2.46. The van der Waals surface area contributed by atoms with E-state index in [1.807, 2.05) is 9.80 Å². The zero-order valence-corrected chi connectivity index (χ0v) is 15.6. The summed E-state index contributed by atoms with van der Waals surface area (Å²) in [5.74, 6) is 0.724. The number of fused-ring (bicyclic) bond motifs is 2. The molecule has 2 heterocycles. The average molecular weight is 356 g/mol. The normalized spacial score (nSPS) is 24.6. The first-order valence-electron chi connectivity index (χ1n) is 9.79. The molecule has 2 fully saturated rings. The van der Waals surface area contributed by atoms with Crippen LogP contribution in [0.2, 0.25) is 0 Å². The second-order valence-electron chi connectivity index (χ2n) is 7.97. The van der Waals surface area contributed by atoms with Gasteiger partial charge in [0.2, 0.25) is 11.8 Å². The lowest BCUT2D eigenvalue weighted by Gasteiger charge is -2.40. The Labute approximate surface area is 155 Å². The predicted octanol–water partition coefficient (Wildman–Crippen LogP) is 2.30. The van der Waals surface area contributed by atoms with Crippen LogP contribution in [0.4, 0.5) is 0 Å². The van der Waals surface area contributed by atoms with E-state index in [-0.39, 0.29) is 17.2 Å². The van der Waals surface area contributed by atoms with Crippen LogP contribution in [0.3, 0.4) is 0 Å². The highest BCUT2D eigenvalue weighted by molar-refractivity contribution is 5.77. The molecule has 1 aliphatic carbocycles. The Balaban J connectivity index is 1.51.